The summed E-state index contributed by atoms with van der Waals surface area (Å²) in [5.74, 6) is 2.43. The van der Waals surface area contributed by atoms with Gasteiger partial charge in [-0.3, -0.25) is 4.68 Å². The molecule has 0 spiro atoms. The Morgan fingerprint density at radius 3 is 2.96 bits per heavy atom. The smallest absolute Gasteiger partial charge is 0.322 e. The third-order valence-electron chi connectivity index (χ3n) is 4.44. The summed E-state index contributed by atoms with van der Waals surface area (Å²) in [5.41, 5.74) is 0.712. The van der Waals surface area contributed by atoms with Crippen LogP contribution in [0.5, 0.6) is 0 Å². The first-order valence-corrected chi connectivity index (χ1v) is 8.21. The molecule has 1 aliphatic heterocycles. The molecule has 0 bridgehead atoms. The molecule has 0 unspecified atom stereocenters. The fraction of sp³-hybridized carbons (Fsp3) is 0.529. The average Bonchev–Trinajstić information content (AvgIpc) is 3.16. The van der Waals surface area contributed by atoms with Crippen molar-refractivity contribution < 1.29 is 9.21 Å². The number of nitrogens with zero attached hydrogens (tertiary/aromatic N) is 3. The molecule has 6 nitrogen and oxygen atoms in total. The van der Waals surface area contributed by atoms with Crippen molar-refractivity contribution in [3.8, 4) is 0 Å². The summed E-state index contributed by atoms with van der Waals surface area (Å²) in [7, 11) is 1.83. The van der Waals surface area contributed by atoms with Crippen LogP contribution < -0.4 is 5.32 Å². The number of piperidine rings is 1. The van der Waals surface area contributed by atoms with Crippen LogP contribution in [0.2, 0.25) is 0 Å². The lowest BCUT2D eigenvalue weighted by Gasteiger charge is -2.37. The number of anilines is 1. The zero-order valence-corrected chi connectivity index (χ0v) is 14.0. The second-order valence-corrected chi connectivity index (χ2v) is 6.33. The highest BCUT2D eigenvalue weighted by molar-refractivity contribution is 5.89. The quantitative estimate of drug-likeness (QED) is 0.941. The summed E-state index contributed by atoms with van der Waals surface area (Å²) < 4.78 is 7.59. The molecular formula is C17H24N4O2. The van der Waals surface area contributed by atoms with Crippen LogP contribution in [0, 0.1) is 5.92 Å². The molecular weight excluding hydrogens is 292 g/mol. The number of carbonyl (C=O) groups excluding carboxylic acids is 1. The molecule has 124 valence electrons. The Hall–Kier alpha value is -2.24. The third-order valence-corrected chi connectivity index (χ3v) is 4.44. The lowest BCUT2D eigenvalue weighted by Crippen LogP contribution is -2.42. The number of furan rings is 1. The molecule has 2 aromatic rings. The highest BCUT2D eigenvalue weighted by atomic mass is 16.3. The van der Waals surface area contributed by atoms with Gasteiger partial charge in [0.1, 0.15) is 11.5 Å². The van der Waals surface area contributed by atoms with Crippen LogP contribution in [0.3, 0.4) is 0 Å². The maximum atomic E-state index is 12.7. The van der Waals surface area contributed by atoms with E-state index in [-0.39, 0.29) is 12.1 Å². The van der Waals surface area contributed by atoms with Crippen molar-refractivity contribution >= 4 is 11.7 Å². The van der Waals surface area contributed by atoms with Crippen molar-refractivity contribution in [1.82, 2.24) is 14.7 Å². The average molecular weight is 316 g/mol. The van der Waals surface area contributed by atoms with Crippen LogP contribution >= 0.6 is 0 Å². The van der Waals surface area contributed by atoms with E-state index in [0.717, 1.165) is 37.3 Å². The van der Waals surface area contributed by atoms with Crippen LogP contribution in [-0.4, -0.2) is 27.3 Å². The minimum atomic E-state index is -0.0932. The first kappa shape index (κ1) is 15.6. The molecule has 23 heavy (non-hydrogen) atoms. The summed E-state index contributed by atoms with van der Waals surface area (Å²) in [6.07, 6.45) is 6.25. The van der Waals surface area contributed by atoms with Gasteiger partial charge in [-0.2, -0.15) is 5.10 Å². The molecule has 1 fully saturated rings. The van der Waals surface area contributed by atoms with Crippen molar-refractivity contribution in [2.24, 2.45) is 13.0 Å². The topological polar surface area (TPSA) is 63.3 Å². The lowest BCUT2D eigenvalue weighted by atomic mass is 9.91. The third kappa shape index (κ3) is 3.41. The van der Waals surface area contributed by atoms with E-state index < -0.39 is 0 Å². The second kappa shape index (κ2) is 6.48. The van der Waals surface area contributed by atoms with E-state index >= 15 is 0 Å². The molecule has 2 aromatic heterocycles. The fourth-order valence-electron chi connectivity index (χ4n) is 3.10. The maximum absolute atomic E-state index is 12.7. The van der Waals surface area contributed by atoms with E-state index in [2.05, 4.69) is 24.3 Å². The SMILES string of the molecule is CCc1ccc([C@H]2C[C@@H](C)CCN2C(=O)Nc2cnn(C)c2)o1. The summed E-state index contributed by atoms with van der Waals surface area (Å²) in [5, 5.41) is 7.01. The van der Waals surface area contributed by atoms with Gasteiger partial charge < -0.3 is 14.6 Å². The van der Waals surface area contributed by atoms with Gasteiger partial charge in [0.25, 0.3) is 0 Å². The standard InChI is InChI=1S/C17H24N4O2/c1-4-14-5-6-16(23-14)15-9-12(2)7-8-21(15)17(22)19-13-10-18-20(3)11-13/h5-6,10-12,15H,4,7-9H2,1-3H3,(H,19,22)/t12-,15+/m0/s1. The Balaban J connectivity index is 1.78. The zero-order chi connectivity index (χ0) is 16.4. The second-order valence-electron chi connectivity index (χ2n) is 6.33. The van der Waals surface area contributed by atoms with Crippen molar-refractivity contribution in [2.75, 3.05) is 11.9 Å². The van der Waals surface area contributed by atoms with Crippen molar-refractivity contribution in [1.29, 1.82) is 0 Å². The van der Waals surface area contributed by atoms with Crippen LogP contribution in [0.15, 0.2) is 28.9 Å². The molecule has 1 aliphatic rings. The van der Waals surface area contributed by atoms with E-state index in [4.69, 9.17) is 4.42 Å². The van der Waals surface area contributed by atoms with E-state index in [0.29, 0.717) is 11.6 Å². The first-order valence-electron chi connectivity index (χ1n) is 8.21. The minimum absolute atomic E-state index is 0.00396. The molecule has 0 saturated carbocycles. The number of carbonyl (C=O) groups is 1. The highest BCUT2D eigenvalue weighted by Gasteiger charge is 2.33. The molecule has 3 rings (SSSR count). The molecule has 0 radical (unpaired) electrons. The number of hydrogen-bond acceptors (Lipinski definition) is 3. The summed E-state index contributed by atoms with van der Waals surface area (Å²) in [6.45, 7) is 5.03. The fourth-order valence-corrected chi connectivity index (χ4v) is 3.10. The van der Waals surface area contributed by atoms with Crippen LogP contribution in [0.4, 0.5) is 10.5 Å². The Labute approximate surface area is 136 Å². The summed E-state index contributed by atoms with van der Waals surface area (Å²) in [6, 6.07) is 3.91. The Kier molecular flexibility index (Phi) is 4.41. The monoisotopic (exact) mass is 316 g/mol. The van der Waals surface area contributed by atoms with Crippen molar-refractivity contribution in [3.63, 3.8) is 0 Å². The van der Waals surface area contributed by atoms with Crippen LogP contribution in [-0.2, 0) is 13.5 Å². The van der Waals surface area contributed by atoms with Crippen molar-refractivity contribution in [2.45, 2.75) is 39.2 Å². The predicted octanol–water partition coefficient (Wildman–Crippen LogP) is 3.58. The number of nitrogens with one attached hydrogen (secondary N) is 1. The normalized spacial score (nSPS) is 21.4. The first-order chi connectivity index (χ1) is 11.1. The molecule has 2 amide bonds. The van der Waals surface area contributed by atoms with Gasteiger partial charge in [-0.15, -0.1) is 0 Å². The van der Waals surface area contributed by atoms with Crippen LogP contribution in [0.1, 0.15) is 44.3 Å². The van der Waals surface area contributed by atoms with Gasteiger partial charge >= 0.3 is 6.03 Å². The van der Waals surface area contributed by atoms with Gasteiger partial charge in [0, 0.05) is 26.2 Å². The van der Waals surface area contributed by atoms with Gasteiger partial charge in [0.05, 0.1) is 17.9 Å². The number of likely N-dealkylation sites (tertiary alicyclic amines) is 1. The molecule has 3 heterocycles. The molecule has 6 heteroatoms. The van der Waals surface area contributed by atoms with E-state index in [1.807, 2.05) is 24.1 Å². The zero-order valence-electron chi connectivity index (χ0n) is 14.0. The maximum Gasteiger partial charge on any atom is 0.322 e. The van der Waals surface area contributed by atoms with Crippen molar-refractivity contribution in [3.05, 3.63) is 36.0 Å². The van der Waals surface area contributed by atoms with Gasteiger partial charge in [-0.25, -0.2) is 4.79 Å². The largest absolute Gasteiger partial charge is 0.464 e. The van der Waals surface area contributed by atoms with Gasteiger partial charge in [-0.1, -0.05) is 13.8 Å². The predicted molar refractivity (Wildman–Crippen MR) is 88.2 cm³/mol. The number of aromatic nitrogens is 2. The van der Waals surface area contributed by atoms with E-state index in [1.54, 1.807) is 17.1 Å². The number of urea groups is 1. The Bertz CT molecular complexity index is 676. The number of aryl methyl sites for hydroxylation is 2. The molecule has 0 aromatic carbocycles. The molecule has 1 N–H and O–H groups in total. The summed E-state index contributed by atoms with van der Waals surface area (Å²) >= 11 is 0. The lowest BCUT2D eigenvalue weighted by molar-refractivity contribution is 0.128. The van der Waals surface area contributed by atoms with E-state index in [1.165, 1.54) is 0 Å². The molecule has 2 atom stereocenters. The summed E-state index contributed by atoms with van der Waals surface area (Å²) in [4.78, 5) is 14.6. The van der Waals surface area contributed by atoms with Gasteiger partial charge in [0.2, 0.25) is 0 Å². The van der Waals surface area contributed by atoms with Gasteiger partial charge in [-0.05, 0) is 30.9 Å². The van der Waals surface area contributed by atoms with Crippen LogP contribution in [0.25, 0.3) is 0 Å². The Morgan fingerprint density at radius 1 is 1.48 bits per heavy atom. The molecule has 1 saturated heterocycles. The Morgan fingerprint density at radius 2 is 2.30 bits per heavy atom. The number of hydrogen-bond donors (Lipinski definition) is 1. The van der Waals surface area contributed by atoms with E-state index in [9.17, 15) is 4.79 Å². The molecule has 0 aliphatic carbocycles. The van der Waals surface area contributed by atoms with Gasteiger partial charge in [0.15, 0.2) is 0 Å². The number of rotatable bonds is 3. The highest BCUT2D eigenvalue weighted by Crippen LogP contribution is 2.35. The number of amides is 2. The minimum Gasteiger partial charge on any atom is -0.464 e.